The van der Waals surface area contributed by atoms with E-state index in [-0.39, 0.29) is 11.1 Å². The molecule has 2 aromatic rings. The van der Waals surface area contributed by atoms with Crippen molar-refractivity contribution in [1.82, 2.24) is 4.57 Å². The molecule has 3 nitrogen and oxygen atoms in total. The summed E-state index contributed by atoms with van der Waals surface area (Å²) >= 11 is 11.9. The summed E-state index contributed by atoms with van der Waals surface area (Å²) in [7, 11) is 0. The second-order valence-corrected chi connectivity index (χ2v) is 4.89. The van der Waals surface area contributed by atoms with Gasteiger partial charge in [0, 0.05) is 6.54 Å². The highest BCUT2D eigenvalue weighted by Crippen LogP contribution is 2.28. The summed E-state index contributed by atoms with van der Waals surface area (Å²) in [5.41, 5.74) is 1.15. The third-order valence-electron chi connectivity index (χ3n) is 2.82. The molecule has 5 heteroatoms. The summed E-state index contributed by atoms with van der Waals surface area (Å²) < 4.78 is 1.48. The largest absolute Gasteiger partial charge is 0.303 e. The van der Waals surface area contributed by atoms with E-state index in [1.807, 2.05) is 6.07 Å². The molecule has 0 fully saturated rings. The van der Waals surface area contributed by atoms with E-state index in [2.05, 4.69) is 6.58 Å². The van der Waals surface area contributed by atoms with Crippen LogP contribution in [0.25, 0.3) is 11.3 Å². The lowest BCUT2D eigenvalue weighted by Crippen LogP contribution is -2.23. The highest BCUT2D eigenvalue weighted by molar-refractivity contribution is 6.42. The monoisotopic (exact) mass is 304 g/mol. The van der Waals surface area contributed by atoms with Crippen LogP contribution < -0.4 is 5.56 Å². The molecule has 0 saturated heterocycles. The summed E-state index contributed by atoms with van der Waals surface area (Å²) in [6.07, 6.45) is 1.60. The molecular formula is C15H10Cl2N2O. The van der Waals surface area contributed by atoms with Gasteiger partial charge >= 0.3 is 0 Å². The van der Waals surface area contributed by atoms with Crippen LogP contribution in [0, 0.1) is 11.3 Å². The van der Waals surface area contributed by atoms with Crippen LogP contribution in [0.15, 0.2) is 47.8 Å². The Labute approximate surface area is 126 Å². The zero-order chi connectivity index (χ0) is 14.7. The lowest BCUT2D eigenvalue weighted by Gasteiger charge is -2.12. The summed E-state index contributed by atoms with van der Waals surface area (Å²) in [6, 6.07) is 10.2. The molecule has 0 unspecified atom stereocenters. The quantitative estimate of drug-likeness (QED) is 0.808. The first kappa shape index (κ1) is 14.4. The third-order valence-corrected chi connectivity index (χ3v) is 3.56. The van der Waals surface area contributed by atoms with Gasteiger partial charge in [0.15, 0.2) is 0 Å². The minimum Gasteiger partial charge on any atom is -0.303 e. The molecule has 0 bridgehead atoms. The molecule has 0 spiro atoms. The summed E-state index contributed by atoms with van der Waals surface area (Å²) in [6.45, 7) is 3.94. The van der Waals surface area contributed by atoms with E-state index in [0.717, 1.165) is 5.56 Å². The van der Waals surface area contributed by atoms with Crippen LogP contribution in [0.5, 0.6) is 0 Å². The van der Waals surface area contributed by atoms with Crippen molar-refractivity contribution in [2.45, 2.75) is 6.54 Å². The van der Waals surface area contributed by atoms with Gasteiger partial charge in [0.2, 0.25) is 0 Å². The number of rotatable bonds is 3. The Bertz CT molecular complexity index is 772. The van der Waals surface area contributed by atoms with Gasteiger partial charge < -0.3 is 4.57 Å². The van der Waals surface area contributed by atoms with Crippen molar-refractivity contribution < 1.29 is 0 Å². The Morgan fingerprint density at radius 1 is 1.25 bits per heavy atom. The normalized spacial score (nSPS) is 10.1. The molecule has 20 heavy (non-hydrogen) atoms. The van der Waals surface area contributed by atoms with Crippen LogP contribution in [0.3, 0.4) is 0 Å². The number of benzene rings is 1. The fourth-order valence-corrected chi connectivity index (χ4v) is 2.18. The first-order chi connectivity index (χ1) is 9.58. The van der Waals surface area contributed by atoms with Crippen LogP contribution in [-0.2, 0) is 6.54 Å². The second-order valence-electron chi connectivity index (χ2n) is 4.08. The lowest BCUT2D eigenvalue weighted by molar-refractivity contribution is 0.786. The molecule has 0 atom stereocenters. The topological polar surface area (TPSA) is 45.8 Å². The summed E-state index contributed by atoms with van der Waals surface area (Å²) in [5, 5.41) is 9.78. The Kier molecular flexibility index (Phi) is 4.29. The first-order valence-corrected chi connectivity index (χ1v) is 6.54. The van der Waals surface area contributed by atoms with Crippen LogP contribution in [0.4, 0.5) is 0 Å². The van der Waals surface area contributed by atoms with E-state index in [1.54, 1.807) is 30.3 Å². The van der Waals surface area contributed by atoms with Crippen molar-refractivity contribution >= 4 is 23.2 Å². The van der Waals surface area contributed by atoms with Gasteiger partial charge in [-0.1, -0.05) is 35.3 Å². The van der Waals surface area contributed by atoms with Crippen molar-refractivity contribution in [3.63, 3.8) is 0 Å². The van der Waals surface area contributed by atoms with Gasteiger partial charge in [-0.25, -0.2) is 0 Å². The second kappa shape index (κ2) is 5.96. The Morgan fingerprint density at radius 2 is 2.00 bits per heavy atom. The predicted molar refractivity (Wildman–Crippen MR) is 81.1 cm³/mol. The fourth-order valence-electron chi connectivity index (χ4n) is 1.88. The number of pyridine rings is 1. The summed E-state index contributed by atoms with van der Waals surface area (Å²) in [5.74, 6) is 0. The zero-order valence-corrected chi connectivity index (χ0v) is 11.9. The number of halogens is 2. The average molecular weight is 305 g/mol. The van der Waals surface area contributed by atoms with E-state index in [1.165, 1.54) is 10.6 Å². The number of allylic oxidation sites excluding steroid dienone is 1. The number of aromatic nitrogens is 1. The average Bonchev–Trinajstić information content (AvgIpc) is 2.44. The maximum atomic E-state index is 12.2. The minimum atomic E-state index is -0.351. The van der Waals surface area contributed by atoms with Gasteiger partial charge in [-0.3, -0.25) is 4.79 Å². The predicted octanol–water partition coefficient (Wildman–Crippen LogP) is 3.88. The van der Waals surface area contributed by atoms with Crippen LogP contribution in [-0.4, -0.2) is 4.57 Å². The van der Waals surface area contributed by atoms with Gasteiger partial charge in [0.25, 0.3) is 5.56 Å². The van der Waals surface area contributed by atoms with Crippen molar-refractivity contribution in [3.8, 4) is 17.3 Å². The fraction of sp³-hybridized carbons (Fsp3) is 0.0667. The highest BCUT2D eigenvalue weighted by Gasteiger charge is 2.10. The standard InChI is InChI=1S/C15H10Cl2N2O/c1-2-7-19-14(6-4-11(9-18)15(19)20)10-3-5-12(16)13(17)8-10/h2-6,8H,1,7H2. The smallest absolute Gasteiger partial charge is 0.269 e. The van der Waals surface area contributed by atoms with E-state index in [4.69, 9.17) is 28.5 Å². The SMILES string of the molecule is C=CCn1c(-c2ccc(Cl)c(Cl)c2)ccc(C#N)c1=O. The molecule has 0 aliphatic rings. The van der Waals surface area contributed by atoms with Gasteiger partial charge in [-0.2, -0.15) is 5.26 Å². The first-order valence-electron chi connectivity index (χ1n) is 5.78. The molecule has 2 rings (SSSR count). The van der Waals surface area contributed by atoms with Gasteiger partial charge in [-0.05, 0) is 29.8 Å². The van der Waals surface area contributed by atoms with Gasteiger partial charge in [0.1, 0.15) is 11.6 Å². The molecule has 0 aliphatic carbocycles. The highest BCUT2D eigenvalue weighted by atomic mass is 35.5. The third kappa shape index (κ3) is 2.62. The number of nitrogens with zero attached hydrogens (tertiary/aromatic N) is 2. The van der Waals surface area contributed by atoms with E-state index >= 15 is 0 Å². The molecule has 0 saturated carbocycles. The van der Waals surface area contributed by atoms with Crippen LogP contribution in [0.1, 0.15) is 5.56 Å². The van der Waals surface area contributed by atoms with Crippen molar-refractivity contribution in [1.29, 1.82) is 5.26 Å². The lowest BCUT2D eigenvalue weighted by atomic mass is 10.1. The molecule has 0 radical (unpaired) electrons. The van der Waals surface area contributed by atoms with E-state index in [9.17, 15) is 4.79 Å². The van der Waals surface area contributed by atoms with Gasteiger partial charge in [-0.15, -0.1) is 6.58 Å². The molecule has 1 aromatic heterocycles. The zero-order valence-electron chi connectivity index (χ0n) is 10.4. The number of nitriles is 1. The molecule has 100 valence electrons. The maximum Gasteiger partial charge on any atom is 0.269 e. The Morgan fingerprint density at radius 3 is 2.60 bits per heavy atom. The van der Waals surface area contributed by atoms with Crippen LogP contribution >= 0.6 is 23.2 Å². The number of hydrogen-bond acceptors (Lipinski definition) is 2. The molecular weight excluding hydrogens is 295 g/mol. The van der Waals surface area contributed by atoms with E-state index < -0.39 is 0 Å². The molecule has 1 heterocycles. The Balaban J connectivity index is 2.70. The van der Waals surface area contributed by atoms with Crippen molar-refractivity contribution in [2.24, 2.45) is 0 Å². The minimum absolute atomic E-state index is 0.0932. The Hall–Kier alpha value is -2.02. The maximum absolute atomic E-state index is 12.2. The molecule has 1 aromatic carbocycles. The van der Waals surface area contributed by atoms with Crippen molar-refractivity contribution in [3.05, 3.63) is 68.9 Å². The summed E-state index contributed by atoms with van der Waals surface area (Å²) in [4.78, 5) is 12.2. The van der Waals surface area contributed by atoms with Gasteiger partial charge in [0.05, 0.1) is 15.7 Å². The molecule has 0 N–H and O–H groups in total. The number of hydrogen-bond donors (Lipinski definition) is 0. The molecule has 0 aliphatic heterocycles. The van der Waals surface area contributed by atoms with E-state index in [0.29, 0.717) is 22.3 Å². The van der Waals surface area contributed by atoms with Crippen molar-refractivity contribution in [2.75, 3.05) is 0 Å². The molecule has 0 amide bonds. The van der Waals surface area contributed by atoms with Crippen LogP contribution in [0.2, 0.25) is 10.0 Å².